The number of rotatable bonds is 6. The van der Waals surface area contributed by atoms with Crippen molar-refractivity contribution in [2.75, 3.05) is 13.9 Å². The van der Waals surface area contributed by atoms with E-state index >= 15 is 0 Å². The molecule has 1 atom stereocenters. The van der Waals surface area contributed by atoms with Crippen LogP contribution in [0.5, 0.6) is 17.2 Å². The van der Waals surface area contributed by atoms with E-state index < -0.39 is 5.97 Å². The molecule has 0 fully saturated rings. The lowest BCUT2D eigenvalue weighted by molar-refractivity contribution is -0.137. The van der Waals surface area contributed by atoms with Crippen molar-refractivity contribution >= 4 is 16.9 Å². The third-order valence-electron chi connectivity index (χ3n) is 4.90. The largest absolute Gasteiger partial charge is 0.493 e. The maximum absolute atomic E-state index is 11.5. The highest BCUT2D eigenvalue weighted by Crippen LogP contribution is 2.39. The predicted molar refractivity (Wildman–Crippen MR) is 98.8 cm³/mol. The molecule has 27 heavy (non-hydrogen) atoms. The molecule has 1 aliphatic rings. The van der Waals surface area contributed by atoms with Crippen molar-refractivity contribution in [2.45, 2.75) is 25.7 Å². The Labute approximate surface area is 156 Å². The summed E-state index contributed by atoms with van der Waals surface area (Å²) in [6.45, 7) is 2.16. The maximum atomic E-state index is 11.5. The number of carboxylic acid groups (broad SMARTS) is 1. The Balaban J connectivity index is 1.73. The molecule has 0 saturated carbocycles. The smallest absolute Gasteiger partial charge is 0.304 e. The molecule has 0 saturated heterocycles. The molecule has 1 unspecified atom stereocenters. The number of aliphatic carboxylic acids is 1. The number of para-hydroxylation sites is 1. The van der Waals surface area contributed by atoms with Gasteiger partial charge in [-0.3, -0.25) is 4.79 Å². The molecule has 2 heterocycles. The van der Waals surface area contributed by atoms with Crippen LogP contribution in [0.25, 0.3) is 11.0 Å². The molecule has 0 amide bonds. The number of benzene rings is 2. The molecule has 6 heteroatoms. The van der Waals surface area contributed by atoms with Crippen molar-refractivity contribution in [3.63, 3.8) is 0 Å². The van der Waals surface area contributed by atoms with Crippen LogP contribution in [-0.4, -0.2) is 25.0 Å². The number of fused-ring (bicyclic) bond motifs is 2. The van der Waals surface area contributed by atoms with E-state index in [2.05, 4.69) is 0 Å². The van der Waals surface area contributed by atoms with Gasteiger partial charge in [-0.2, -0.15) is 0 Å². The Kier molecular flexibility index (Phi) is 4.39. The number of carboxylic acids is 1. The molecule has 6 nitrogen and oxygen atoms in total. The Morgan fingerprint density at radius 3 is 2.81 bits per heavy atom. The fourth-order valence-electron chi connectivity index (χ4n) is 3.61. The Morgan fingerprint density at radius 1 is 1.22 bits per heavy atom. The first kappa shape index (κ1) is 17.3. The Morgan fingerprint density at radius 2 is 2.04 bits per heavy atom. The summed E-state index contributed by atoms with van der Waals surface area (Å²) < 4.78 is 22.3. The second-order valence-electron chi connectivity index (χ2n) is 6.61. The zero-order valence-corrected chi connectivity index (χ0v) is 15.2. The summed E-state index contributed by atoms with van der Waals surface area (Å²) in [6.07, 6.45) is 0.489. The first-order valence-electron chi connectivity index (χ1n) is 8.73. The summed E-state index contributed by atoms with van der Waals surface area (Å²) >= 11 is 0. The molecule has 1 N–H and O–H groups in total. The average molecular weight is 368 g/mol. The zero-order valence-electron chi connectivity index (χ0n) is 15.2. The molecule has 0 bridgehead atoms. The molecule has 140 valence electrons. The van der Waals surface area contributed by atoms with Gasteiger partial charge in [0.25, 0.3) is 0 Å². The lowest BCUT2D eigenvalue weighted by Crippen LogP contribution is -2.09. The van der Waals surface area contributed by atoms with Crippen LogP contribution in [-0.2, 0) is 11.2 Å². The Hall–Kier alpha value is -3.15. The number of methoxy groups -OCH3 is 1. The van der Waals surface area contributed by atoms with Gasteiger partial charge < -0.3 is 23.7 Å². The highest BCUT2D eigenvalue weighted by molar-refractivity contribution is 5.87. The first-order valence-corrected chi connectivity index (χ1v) is 8.73. The lowest BCUT2D eigenvalue weighted by Gasteiger charge is -2.14. The van der Waals surface area contributed by atoms with Crippen LogP contribution in [0, 0.1) is 6.92 Å². The summed E-state index contributed by atoms with van der Waals surface area (Å²) in [7, 11) is 1.59. The second-order valence-corrected chi connectivity index (χ2v) is 6.61. The molecule has 3 aromatic rings. The van der Waals surface area contributed by atoms with Gasteiger partial charge in [-0.25, -0.2) is 0 Å². The van der Waals surface area contributed by atoms with E-state index in [1.807, 2.05) is 43.3 Å². The molecule has 1 aromatic heterocycles. The van der Waals surface area contributed by atoms with Gasteiger partial charge in [0, 0.05) is 11.3 Å². The van der Waals surface area contributed by atoms with Gasteiger partial charge in [0.2, 0.25) is 6.79 Å². The van der Waals surface area contributed by atoms with E-state index in [1.54, 1.807) is 7.11 Å². The third-order valence-corrected chi connectivity index (χ3v) is 4.90. The summed E-state index contributed by atoms with van der Waals surface area (Å²) in [6, 6.07) is 11.4. The van der Waals surface area contributed by atoms with Crippen molar-refractivity contribution in [1.29, 1.82) is 0 Å². The van der Waals surface area contributed by atoms with Gasteiger partial charge in [0.15, 0.2) is 22.8 Å². The molecule has 0 aliphatic carbocycles. The number of hydrogen-bond donors (Lipinski definition) is 1. The van der Waals surface area contributed by atoms with Gasteiger partial charge in [0.05, 0.1) is 13.5 Å². The third kappa shape index (κ3) is 3.18. The van der Waals surface area contributed by atoms with Crippen LogP contribution >= 0.6 is 0 Å². The van der Waals surface area contributed by atoms with E-state index in [1.165, 1.54) is 0 Å². The summed E-state index contributed by atoms with van der Waals surface area (Å²) in [4.78, 5) is 11.5. The van der Waals surface area contributed by atoms with Crippen molar-refractivity contribution in [3.05, 3.63) is 53.3 Å². The van der Waals surface area contributed by atoms with E-state index in [4.69, 9.17) is 18.6 Å². The lowest BCUT2D eigenvalue weighted by atomic mass is 9.91. The molecule has 2 aromatic carbocycles. The molecule has 4 rings (SSSR count). The SMILES string of the molecule is COc1cccc2c(C)c(C(CC(=O)O)Cc3ccc4c(c3)OCO4)oc12. The predicted octanol–water partition coefficient (Wildman–Crippen LogP) is 4.28. The van der Waals surface area contributed by atoms with Crippen LogP contribution in [0.4, 0.5) is 0 Å². The minimum absolute atomic E-state index is 0.0303. The minimum Gasteiger partial charge on any atom is -0.493 e. The van der Waals surface area contributed by atoms with E-state index in [0.29, 0.717) is 35.0 Å². The number of carbonyl (C=O) groups is 1. The zero-order chi connectivity index (χ0) is 19.0. The highest BCUT2D eigenvalue weighted by Gasteiger charge is 2.25. The first-order chi connectivity index (χ1) is 13.1. The summed E-state index contributed by atoms with van der Waals surface area (Å²) in [5, 5.41) is 10.4. The van der Waals surface area contributed by atoms with Crippen molar-refractivity contribution < 1.29 is 28.5 Å². The number of aryl methyl sites for hydroxylation is 1. The number of hydrogen-bond acceptors (Lipinski definition) is 5. The van der Waals surface area contributed by atoms with E-state index in [9.17, 15) is 9.90 Å². The van der Waals surface area contributed by atoms with Crippen molar-refractivity contribution in [1.82, 2.24) is 0 Å². The molecule has 0 spiro atoms. The van der Waals surface area contributed by atoms with Crippen LogP contribution in [0.15, 0.2) is 40.8 Å². The molecular weight excluding hydrogens is 348 g/mol. The van der Waals surface area contributed by atoms with Gasteiger partial charge in [-0.15, -0.1) is 0 Å². The van der Waals surface area contributed by atoms with Gasteiger partial charge in [-0.05, 0) is 42.7 Å². The van der Waals surface area contributed by atoms with Crippen molar-refractivity contribution in [2.24, 2.45) is 0 Å². The number of ether oxygens (including phenoxy) is 3. The van der Waals surface area contributed by atoms with Gasteiger partial charge in [-0.1, -0.05) is 18.2 Å². The van der Waals surface area contributed by atoms with Crippen LogP contribution in [0.1, 0.15) is 29.2 Å². The molecule has 0 radical (unpaired) electrons. The van der Waals surface area contributed by atoms with Crippen LogP contribution < -0.4 is 14.2 Å². The summed E-state index contributed by atoms with van der Waals surface area (Å²) in [5.41, 5.74) is 2.56. The quantitative estimate of drug-likeness (QED) is 0.700. The Bertz CT molecular complexity index is 1000. The number of furan rings is 1. The summed E-state index contributed by atoms with van der Waals surface area (Å²) in [5.74, 6) is 1.53. The van der Waals surface area contributed by atoms with E-state index in [-0.39, 0.29) is 19.1 Å². The second kappa shape index (κ2) is 6.87. The highest BCUT2D eigenvalue weighted by atomic mass is 16.7. The monoisotopic (exact) mass is 368 g/mol. The maximum Gasteiger partial charge on any atom is 0.304 e. The minimum atomic E-state index is -0.868. The topological polar surface area (TPSA) is 78.1 Å². The average Bonchev–Trinajstić information content (AvgIpc) is 3.25. The van der Waals surface area contributed by atoms with E-state index in [0.717, 1.165) is 16.5 Å². The fraction of sp³-hybridized carbons (Fsp3) is 0.286. The van der Waals surface area contributed by atoms with Gasteiger partial charge in [0.1, 0.15) is 5.76 Å². The van der Waals surface area contributed by atoms with Gasteiger partial charge >= 0.3 is 5.97 Å². The molecule has 1 aliphatic heterocycles. The normalized spacial score (nSPS) is 13.7. The van der Waals surface area contributed by atoms with Crippen LogP contribution in [0.3, 0.4) is 0 Å². The van der Waals surface area contributed by atoms with Crippen LogP contribution in [0.2, 0.25) is 0 Å². The van der Waals surface area contributed by atoms with Crippen molar-refractivity contribution in [3.8, 4) is 17.2 Å². The fourth-order valence-corrected chi connectivity index (χ4v) is 3.61. The standard InChI is InChI=1S/C21H20O6/c1-12-15-4-3-5-17(24-2)21(15)27-20(12)14(10-19(22)23)8-13-6-7-16-18(9-13)26-11-25-16/h3-7,9,14H,8,10-11H2,1-2H3,(H,22,23). The molecular formula is C21H20O6.